The SMILES string of the molecule is C=NC(=NN(C)C(=O)N1CCS(=O)(=O)C1)c1ccc(Cl)cc1. The highest BCUT2D eigenvalue weighted by Gasteiger charge is 2.31. The molecule has 1 fully saturated rings. The minimum absolute atomic E-state index is 0.0277. The van der Waals surface area contributed by atoms with Crippen molar-refractivity contribution in [3.63, 3.8) is 0 Å². The maximum Gasteiger partial charge on any atom is 0.341 e. The average Bonchev–Trinajstić information content (AvgIpc) is 2.85. The lowest BCUT2D eigenvalue weighted by Gasteiger charge is -2.19. The number of nitrogens with zero attached hydrogens (tertiary/aromatic N) is 4. The predicted molar refractivity (Wildman–Crippen MR) is 86.1 cm³/mol. The Balaban J connectivity index is 2.17. The van der Waals surface area contributed by atoms with Gasteiger partial charge < -0.3 is 4.90 Å². The van der Waals surface area contributed by atoms with Crippen LogP contribution in [0.15, 0.2) is 34.4 Å². The third-order valence-electron chi connectivity index (χ3n) is 3.07. The smallest absolute Gasteiger partial charge is 0.308 e. The molecule has 1 aliphatic heterocycles. The minimum atomic E-state index is -3.19. The number of hydrogen-bond acceptors (Lipinski definition) is 4. The van der Waals surface area contributed by atoms with Crippen LogP contribution < -0.4 is 0 Å². The lowest BCUT2D eigenvalue weighted by molar-refractivity contribution is 0.177. The topological polar surface area (TPSA) is 82.4 Å². The van der Waals surface area contributed by atoms with E-state index in [-0.39, 0.29) is 24.0 Å². The second-order valence-electron chi connectivity index (χ2n) is 4.74. The molecule has 1 heterocycles. The summed E-state index contributed by atoms with van der Waals surface area (Å²) in [5.41, 5.74) is 0.646. The predicted octanol–water partition coefficient (Wildman–Crippen LogP) is 1.44. The first-order chi connectivity index (χ1) is 10.3. The lowest BCUT2D eigenvalue weighted by Crippen LogP contribution is -2.37. The van der Waals surface area contributed by atoms with Crippen molar-refractivity contribution in [2.45, 2.75) is 0 Å². The summed E-state index contributed by atoms with van der Waals surface area (Å²) >= 11 is 5.81. The van der Waals surface area contributed by atoms with Crippen LogP contribution in [0.3, 0.4) is 0 Å². The Kier molecular flexibility index (Phi) is 4.82. The number of amidine groups is 1. The normalized spacial score (nSPS) is 17.4. The molecule has 7 nitrogen and oxygen atoms in total. The van der Waals surface area contributed by atoms with Crippen LogP contribution in [0.1, 0.15) is 5.56 Å². The number of rotatable bonds is 2. The zero-order valence-corrected chi connectivity index (χ0v) is 13.5. The van der Waals surface area contributed by atoms with Crippen LogP contribution >= 0.6 is 11.6 Å². The molecule has 9 heteroatoms. The summed E-state index contributed by atoms with van der Waals surface area (Å²) in [6, 6.07) is 6.25. The molecule has 0 saturated carbocycles. The van der Waals surface area contributed by atoms with Crippen LogP contribution in [0.4, 0.5) is 4.79 Å². The highest BCUT2D eigenvalue weighted by atomic mass is 35.5. The van der Waals surface area contributed by atoms with E-state index in [9.17, 15) is 13.2 Å². The summed E-state index contributed by atoms with van der Waals surface area (Å²) in [5, 5.41) is 5.70. The third-order valence-corrected chi connectivity index (χ3v) is 4.83. The second kappa shape index (κ2) is 6.45. The van der Waals surface area contributed by atoms with Crippen molar-refractivity contribution in [1.82, 2.24) is 9.91 Å². The molecule has 1 aromatic carbocycles. The van der Waals surface area contributed by atoms with Gasteiger partial charge in [-0.25, -0.2) is 23.2 Å². The van der Waals surface area contributed by atoms with E-state index in [0.717, 1.165) is 5.01 Å². The van der Waals surface area contributed by atoms with Crippen LogP contribution in [0.25, 0.3) is 0 Å². The van der Waals surface area contributed by atoms with Crippen molar-refractivity contribution < 1.29 is 13.2 Å². The van der Waals surface area contributed by atoms with Crippen LogP contribution in [0.5, 0.6) is 0 Å². The second-order valence-corrected chi connectivity index (χ2v) is 7.33. The Morgan fingerprint density at radius 2 is 2.00 bits per heavy atom. The fraction of sp³-hybridized carbons (Fsp3) is 0.308. The summed E-state index contributed by atoms with van der Waals surface area (Å²) in [6.07, 6.45) is 0. The van der Waals surface area contributed by atoms with E-state index in [2.05, 4.69) is 16.8 Å². The molecule has 2 rings (SSSR count). The fourth-order valence-corrected chi connectivity index (χ4v) is 3.40. The molecular weight excluding hydrogens is 328 g/mol. The Bertz CT molecular complexity index is 715. The van der Waals surface area contributed by atoms with E-state index in [1.165, 1.54) is 11.9 Å². The van der Waals surface area contributed by atoms with Crippen LogP contribution in [0.2, 0.25) is 5.02 Å². The van der Waals surface area contributed by atoms with Gasteiger partial charge >= 0.3 is 6.03 Å². The Labute approximate surface area is 133 Å². The number of benzene rings is 1. The number of hydrazone groups is 1. The minimum Gasteiger partial charge on any atom is -0.308 e. The van der Waals surface area contributed by atoms with E-state index in [4.69, 9.17) is 11.6 Å². The van der Waals surface area contributed by atoms with Crippen LogP contribution in [-0.2, 0) is 9.84 Å². The lowest BCUT2D eigenvalue weighted by atomic mass is 10.2. The standard InChI is InChI=1S/C13H15ClN4O3S/c1-15-12(10-3-5-11(14)6-4-10)16-17(2)13(19)18-7-8-22(20,21)9-18/h3-6H,1,7-9H2,2H3. The van der Waals surface area contributed by atoms with Crippen molar-refractivity contribution >= 4 is 40.0 Å². The van der Waals surface area contributed by atoms with Crippen molar-refractivity contribution in [3.8, 4) is 0 Å². The summed E-state index contributed by atoms with van der Waals surface area (Å²) in [6.45, 7) is 3.60. The fourth-order valence-electron chi connectivity index (χ4n) is 1.94. The molecule has 1 saturated heterocycles. The van der Waals surface area contributed by atoms with Crippen molar-refractivity contribution in [2.75, 3.05) is 25.2 Å². The zero-order chi connectivity index (χ0) is 16.3. The van der Waals surface area contributed by atoms with Gasteiger partial charge in [0.25, 0.3) is 0 Å². The monoisotopic (exact) mass is 342 g/mol. The Morgan fingerprint density at radius 3 is 2.50 bits per heavy atom. The number of sulfone groups is 1. The van der Waals surface area contributed by atoms with Crippen molar-refractivity contribution in [1.29, 1.82) is 0 Å². The van der Waals surface area contributed by atoms with E-state index >= 15 is 0 Å². The van der Waals surface area contributed by atoms with Crippen LogP contribution in [0, 0.1) is 0 Å². The molecule has 0 unspecified atom stereocenters. The van der Waals surface area contributed by atoms with Crippen molar-refractivity contribution in [2.24, 2.45) is 10.1 Å². The highest BCUT2D eigenvalue weighted by Crippen LogP contribution is 2.13. The number of carbonyl (C=O) groups is 1. The third kappa shape index (κ3) is 3.83. The molecule has 118 valence electrons. The molecule has 22 heavy (non-hydrogen) atoms. The first kappa shape index (κ1) is 16.4. The molecule has 1 aliphatic rings. The molecule has 0 aliphatic carbocycles. The van der Waals surface area contributed by atoms with Gasteiger partial charge in [-0.1, -0.05) is 11.6 Å². The number of aliphatic imine (C=N–C) groups is 1. The Morgan fingerprint density at radius 1 is 1.36 bits per heavy atom. The van der Waals surface area contributed by atoms with E-state index in [1.54, 1.807) is 24.3 Å². The molecule has 1 aromatic rings. The van der Waals surface area contributed by atoms with Gasteiger partial charge in [0, 0.05) is 24.2 Å². The molecule has 0 aromatic heterocycles. The first-order valence-electron chi connectivity index (χ1n) is 6.37. The molecule has 0 radical (unpaired) electrons. The number of hydrogen-bond donors (Lipinski definition) is 0. The summed E-state index contributed by atoms with van der Waals surface area (Å²) in [7, 11) is -1.75. The molecule has 0 bridgehead atoms. The Hall–Kier alpha value is -1.93. The van der Waals surface area contributed by atoms with E-state index in [0.29, 0.717) is 10.6 Å². The van der Waals surface area contributed by atoms with E-state index < -0.39 is 15.9 Å². The molecular formula is C13H15ClN4O3S. The zero-order valence-electron chi connectivity index (χ0n) is 11.9. The van der Waals surface area contributed by atoms with Gasteiger partial charge in [-0.3, -0.25) is 0 Å². The van der Waals surface area contributed by atoms with Crippen LogP contribution in [-0.4, -0.2) is 62.1 Å². The maximum absolute atomic E-state index is 12.2. The summed E-state index contributed by atoms with van der Waals surface area (Å²) in [4.78, 5) is 17.2. The van der Waals surface area contributed by atoms with Gasteiger partial charge in [0.05, 0.1) is 5.75 Å². The molecule has 0 N–H and O–H groups in total. The van der Waals surface area contributed by atoms with Gasteiger partial charge in [-0.05, 0) is 31.0 Å². The highest BCUT2D eigenvalue weighted by molar-refractivity contribution is 7.91. The largest absolute Gasteiger partial charge is 0.341 e. The summed E-state index contributed by atoms with van der Waals surface area (Å²) in [5.74, 6) is -0.0710. The summed E-state index contributed by atoms with van der Waals surface area (Å²) < 4.78 is 22.8. The average molecular weight is 343 g/mol. The number of urea groups is 1. The van der Waals surface area contributed by atoms with Gasteiger partial charge in [0.2, 0.25) is 0 Å². The molecule has 0 atom stereocenters. The number of halogens is 1. The maximum atomic E-state index is 12.2. The van der Waals surface area contributed by atoms with E-state index in [1.807, 2.05) is 0 Å². The van der Waals surface area contributed by atoms with Gasteiger partial charge in [-0.15, -0.1) is 5.10 Å². The number of carbonyl (C=O) groups excluding carboxylic acids is 1. The quantitative estimate of drug-likeness (QED) is 0.463. The van der Waals surface area contributed by atoms with Gasteiger partial charge in [0.15, 0.2) is 15.7 Å². The first-order valence-corrected chi connectivity index (χ1v) is 8.56. The van der Waals surface area contributed by atoms with Gasteiger partial charge in [0.1, 0.15) is 5.88 Å². The number of amides is 2. The van der Waals surface area contributed by atoms with Gasteiger partial charge in [-0.2, -0.15) is 0 Å². The van der Waals surface area contributed by atoms with Crippen molar-refractivity contribution in [3.05, 3.63) is 34.9 Å². The molecule has 0 spiro atoms. The molecule has 2 amide bonds.